The lowest BCUT2D eigenvalue weighted by Crippen LogP contribution is -2.54. The van der Waals surface area contributed by atoms with Crippen LogP contribution in [0.2, 0.25) is 0 Å². The van der Waals surface area contributed by atoms with Gasteiger partial charge in [-0.25, -0.2) is 0 Å². The van der Waals surface area contributed by atoms with Crippen LogP contribution in [-0.4, -0.2) is 37.1 Å². The van der Waals surface area contributed by atoms with E-state index in [4.69, 9.17) is 17.0 Å². The van der Waals surface area contributed by atoms with Gasteiger partial charge in [-0.05, 0) is 80.7 Å². The number of nitrogens with zero attached hydrogens (tertiary/aromatic N) is 2. The van der Waals surface area contributed by atoms with Crippen LogP contribution in [0, 0.1) is 13.8 Å². The van der Waals surface area contributed by atoms with E-state index in [9.17, 15) is 9.59 Å². The van der Waals surface area contributed by atoms with Crippen LogP contribution in [0.3, 0.4) is 0 Å². The highest BCUT2D eigenvalue weighted by atomic mass is 32.1. The van der Waals surface area contributed by atoms with E-state index in [1.807, 2.05) is 50.2 Å². The summed E-state index contributed by atoms with van der Waals surface area (Å²) in [6.45, 7) is 5.95. The Morgan fingerprint density at radius 3 is 2.53 bits per heavy atom. The molecule has 1 N–H and O–H groups in total. The van der Waals surface area contributed by atoms with Gasteiger partial charge >= 0.3 is 0 Å². The van der Waals surface area contributed by atoms with Gasteiger partial charge in [-0.1, -0.05) is 12.1 Å². The van der Waals surface area contributed by atoms with E-state index in [-0.39, 0.29) is 10.7 Å². The van der Waals surface area contributed by atoms with Crippen molar-refractivity contribution >= 4 is 46.6 Å². The van der Waals surface area contributed by atoms with Crippen molar-refractivity contribution in [3.63, 3.8) is 0 Å². The van der Waals surface area contributed by atoms with E-state index in [2.05, 4.69) is 10.2 Å². The van der Waals surface area contributed by atoms with Gasteiger partial charge in [-0.2, -0.15) is 0 Å². The predicted molar refractivity (Wildman–Crippen MR) is 131 cm³/mol. The van der Waals surface area contributed by atoms with Gasteiger partial charge < -0.3 is 9.64 Å². The van der Waals surface area contributed by atoms with E-state index in [0.29, 0.717) is 17.0 Å². The number of hydrogen-bond acceptors (Lipinski definition) is 5. The zero-order valence-corrected chi connectivity index (χ0v) is 19.4. The van der Waals surface area contributed by atoms with Gasteiger partial charge in [0.2, 0.25) is 0 Å². The van der Waals surface area contributed by atoms with E-state index in [1.165, 1.54) is 24.2 Å². The summed E-state index contributed by atoms with van der Waals surface area (Å²) in [6.07, 6.45) is 5.19. The second-order valence-corrected chi connectivity index (χ2v) is 8.54. The molecule has 32 heavy (non-hydrogen) atoms. The maximum Gasteiger partial charge on any atom is 0.270 e. The monoisotopic (exact) mass is 449 g/mol. The van der Waals surface area contributed by atoms with Crippen molar-refractivity contribution in [1.29, 1.82) is 0 Å². The second-order valence-electron chi connectivity index (χ2n) is 8.15. The van der Waals surface area contributed by atoms with Crippen LogP contribution in [0.15, 0.2) is 42.0 Å². The Balaban J connectivity index is 1.70. The van der Waals surface area contributed by atoms with Crippen LogP contribution in [-0.2, 0) is 9.59 Å². The molecule has 0 saturated carbocycles. The largest absolute Gasteiger partial charge is 0.496 e. The quantitative estimate of drug-likeness (QED) is 0.432. The van der Waals surface area contributed by atoms with Gasteiger partial charge in [0.25, 0.3) is 11.8 Å². The van der Waals surface area contributed by atoms with Gasteiger partial charge in [-0.15, -0.1) is 0 Å². The number of methoxy groups -OCH3 is 1. The van der Waals surface area contributed by atoms with Gasteiger partial charge in [0.1, 0.15) is 11.3 Å². The Hall–Kier alpha value is -3.19. The first-order valence-electron chi connectivity index (χ1n) is 10.8. The molecule has 0 spiro atoms. The van der Waals surface area contributed by atoms with E-state index in [1.54, 1.807) is 13.2 Å². The molecule has 4 rings (SSSR count). The second kappa shape index (κ2) is 9.12. The molecule has 0 bridgehead atoms. The summed E-state index contributed by atoms with van der Waals surface area (Å²) in [6, 6.07) is 11.5. The standard InChI is InChI=1S/C25H27N3O3S/c1-16-8-7-9-21(17(16)2)28-24(30)20(23(29)26-25(28)32)14-18-10-11-19(15-22(18)31-3)27-12-5-4-6-13-27/h7-11,14-15H,4-6,12-13H2,1-3H3,(H,26,29,32)/b20-14+. The van der Waals surface area contributed by atoms with Crippen LogP contribution < -0.4 is 19.9 Å². The molecular formula is C25H27N3O3S. The van der Waals surface area contributed by atoms with Crippen molar-refractivity contribution in [1.82, 2.24) is 5.32 Å². The minimum Gasteiger partial charge on any atom is -0.496 e. The maximum absolute atomic E-state index is 13.4. The number of nitrogens with one attached hydrogen (secondary N) is 1. The normalized spacial score (nSPS) is 18.2. The molecular weight excluding hydrogens is 422 g/mol. The number of carbonyl (C=O) groups excluding carboxylic acids is 2. The average molecular weight is 450 g/mol. The Kier molecular flexibility index (Phi) is 6.28. The van der Waals surface area contributed by atoms with Gasteiger partial charge in [0.15, 0.2) is 5.11 Å². The number of piperidine rings is 1. The van der Waals surface area contributed by atoms with Crippen LogP contribution >= 0.6 is 12.2 Å². The fraction of sp³-hybridized carbons (Fsp3) is 0.320. The lowest BCUT2D eigenvalue weighted by Gasteiger charge is -2.30. The van der Waals surface area contributed by atoms with Crippen molar-refractivity contribution in [2.75, 3.05) is 30.0 Å². The number of carbonyl (C=O) groups is 2. The molecule has 2 heterocycles. The molecule has 0 radical (unpaired) electrons. The molecule has 7 heteroatoms. The number of rotatable bonds is 4. The van der Waals surface area contributed by atoms with Crippen LogP contribution in [0.5, 0.6) is 5.75 Å². The summed E-state index contributed by atoms with van der Waals surface area (Å²) in [4.78, 5) is 29.8. The highest BCUT2D eigenvalue weighted by molar-refractivity contribution is 7.80. The molecule has 2 aliphatic heterocycles. The fourth-order valence-electron chi connectivity index (χ4n) is 4.18. The fourth-order valence-corrected chi connectivity index (χ4v) is 4.45. The molecule has 0 unspecified atom stereocenters. The minimum atomic E-state index is -0.510. The number of amides is 2. The molecule has 2 aromatic carbocycles. The van der Waals surface area contributed by atoms with Gasteiger partial charge in [-0.3, -0.25) is 19.8 Å². The Morgan fingerprint density at radius 1 is 1.06 bits per heavy atom. The van der Waals surface area contributed by atoms with Crippen molar-refractivity contribution < 1.29 is 14.3 Å². The minimum absolute atomic E-state index is 0.0172. The zero-order chi connectivity index (χ0) is 22.8. The first kappa shape index (κ1) is 22.0. The van der Waals surface area contributed by atoms with Gasteiger partial charge in [0, 0.05) is 30.4 Å². The van der Waals surface area contributed by atoms with E-state index < -0.39 is 11.8 Å². The first-order chi connectivity index (χ1) is 15.4. The number of benzene rings is 2. The van der Waals surface area contributed by atoms with Crippen molar-refractivity contribution in [2.45, 2.75) is 33.1 Å². The zero-order valence-electron chi connectivity index (χ0n) is 18.6. The molecule has 2 aliphatic rings. The molecule has 2 aromatic rings. The third-order valence-corrected chi connectivity index (χ3v) is 6.44. The van der Waals surface area contributed by atoms with Crippen molar-refractivity contribution in [2.24, 2.45) is 0 Å². The predicted octanol–water partition coefficient (Wildman–Crippen LogP) is 4.13. The smallest absolute Gasteiger partial charge is 0.270 e. The Bertz CT molecular complexity index is 1120. The number of ether oxygens (including phenoxy) is 1. The van der Waals surface area contributed by atoms with E-state index in [0.717, 1.165) is 29.9 Å². The molecule has 166 valence electrons. The van der Waals surface area contributed by atoms with E-state index >= 15 is 0 Å². The molecule has 0 aliphatic carbocycles. The highest BCUT2D eigenvalue weighted by Crippen LogP contribution is 2.31. The molecule has 2 saturated heterocycles. The van der Waals surface area contributed by atoms with Crippen LogP contribution in [0.1, 0.15) is 36.0 Å². The van der Waals surface area contributed by atoms with Gasteiger partial charge in [0.05, 0.1) is 12.8 Å². The van der Waals surface area contributed by atoms with Crippen molar-refractivity contribution in [3.05, 3.63) is 58.7 Å². The third-order valence-electron chi connectivity index (χ3n) is 6.16. The molecule has 2 fully saturated rings. The first-order valence-corrected chi connectivity index (χ1v) is 11.2. The molecule has 0 atom stereocenters. The number of aryl methyl sites for hydroxylation is 1. The number of thiocarbonyl (C=S) groups is 1. The summed E-state index contributed by atoms with van der Waals surface area (Å²) in [5.41, 5.74) is 4.40. The van der Waals surface area contributed by atoms with Crippen LogP contribution in [0.4, 0.5) is 11.4 Å². The summed E-state index contributed by atoms with van der Waals surface area (Å²) in [5.74, 6) is -0.342. The highest BCUT2D eigenvalue weighted by Gasteiger charge is 2.35. The summed E-state index contributed by atoms with van der Waals surface area (Å²) in [5, 5.41) is 2.74. The topological polar surface area (TPSA) is 61.9 Å². The maximum atomic E-state index is 13.4. The number of hydrogen-bond donors (Lipinski definition) is 1. The lowest BCUT2D eigenvalue weighted by atomic mass is 10.0. The summed E-state index contributed by atoms with van der Waals surface area (Å²) >= 11 is 5.34. The molecule has 2 amide bonds. The van der Waals surface area contributed by atoms with Crippen LogP contribution in [0.25, 0.3) is 6.08 Å². The average Bonchev–Trinajstić information content (AvgIpc) is 2.80. The Morgan fingerprint density at radius 2 is 1.81 bits per heavy atom. The SMILES string of the molecule is COc1cc(N2CCCCC2)ccc1/C=C1\C(=O)NC(=S)N(c2cccc(C)c2C)C1=O. The molecule has 6 nitrogen and oxygen atoms in total. The molecule has 0 aromatic heterocycles. The lowest BCUT2D eigenvalue weighted by molar-refractivity contribution is -0.122. The van der Waals surface area contributed by atoms with Crippen molar-refractivity contribution in [3.8, 4) is 5.75 Å². The third kappa shape index (κ3) is 4.12. The summed E-state index contributed by atoms with van der Waals surface area (Å²) in [7, 11) is 1.59. The summed E-state index contributed by atoms with van der Waals surface area (Å²) < 4.78 is 5.60. The number of anilines is 2. The Labute approximate surface area is 193 Å².